The van der Waals surface area contributed by atoms with Crippen LogP contribution in [0.4, 0.5) is 5.69 Å². The largest absolute Gasteiger partial charge is 0.497 e. The number of anilines is 1. The van der Waals surface area contributed by atoms with E-state index < -0.39 is 12.0 Å². The number of aromatic nitrogens is 1. The summed E-state index contributed by atoms with van der Waals surface area (Å²) in [5, 5.41) is 2.95. The smallest absolute Gasteiger partial charge is 0.337 e. The van der Waals surface area contributed by atoms with Crippen LogP contribution in [0.5, 0.6) is 5.75 Å². The fourth-order valence-electron chi connectivity index (χ4n) is 5.35. The van der Waals surface area contributed by atoms with Crippen LogP contribution in [-0.2, 0) is 9.53 Å². The zero-order valence-electron chi connectivity index (χ0n) is 25.0. The van der Waals surface area contributed by atoms with Crippen molar-refractivity contribution in [3.8, 4) is 17.1 Å². The van der Waals surface area contributed by atoms with E-state index in [1.807, 2.05) is 55.5 Å². The molecule has 10 heteroatoms. The minimum Gasteiger partial charge on any atom is -0.497 e. The molecule has 226 valence electrons. The van der Waals surface area contributed by atoms with E-state index >= 15 is 0 Å². The number of hydrogen-bond acceptors (Lipinski definition) is 8. The lowest BCUT2D eigenvalue weighted by molar-refractivity contribution is -0.113. The quantitative estimate of drug-likeness (QED) is 0.250. The third-order valence-electron chi connectivity index (χ3n) is 7.52. The maximum absolute atomic E-state index is 14.1. The first-order valence-electron chi connectivity index (χ1n) is 14.1. The molecule has 0 unspecified atom stereocenters. The molecule has 3 heterocycles. The number of rotatable bonds is 7. The van der Waals surface area contributed by atoms with E-state index in [9.17, 15) is 14.4 Å². The second-order valence-electron chi connectivity index (χ2n) is 10.4. The second kappa shape index (κ2) is 12.3. The lowest BCUT2D eigenvalue weighted by Gasteiger charge is -2.25. The number of benzene rings is 3. The number of furan rings is 1. The van der Waals surface area contributed by atoms with Crippen LogP contribution in [0.3, 0.4) is 0 Å². The molecule has 0 fully saturated rings. The Balaban J connectivity index is 1.42. The average molecular weight is 620 g/mol. The minimum absolute atomic E-state index is 0.305. The fraction of sp³-hybridized carbons (Fsp3) is 0.143. The van der Waals surface area contributed by atoms with Crippen LogP contribution in [0, 0.1) is 6.92 Å². The van der Waals surface area contributed by atoms with Gasteiger partial charge in [-0.25, -0.2) is 9.79 Å². The van der Waals surface area contributed by atoms with Crippen molar-refractivity contribution in [1.29, 1.82) is 0 Å². The molecular weight excluding hydrogens is 590 g/mol. The van der Waals surface area contributed by atoms with Gasteiger partial charge in [-0.15, -0.1) is 0 Å². The monoisotopic (exact) mass is 619 g/mol. The summed E-state index contributed by atoms with van der Waals surface area (Å²) in [5.74, 6) is 0.901. The second-order valence-corrected chi connectivity index (χ2v) is 11.4. The number of nitrogens with one attached hydrogen (secondary N) is 1. The Morgan fingerprint density at radius 2 is 1.78 bits per heavy atom. The zero-order valence-corrected chi connectivity index (χ0v) is 25.8. The van der Waals surface area contributed by atoms with Gasteiger partial charge in [0.1, 0.15) is 17.3 Å². The molecule has 0 aliphatic carbocycles. The number of ether oxygens (including phenoxy) is 2. The molecule has 1 N–H and O–H groups in total. The van der Waals surface area contributed by atoms with Gasteiger partial charge in [-0.3, -0.25) is 14.2 Å². The number of hydrogen-bond donors (Lipinski definition) is 1. The van der Waals surface area contributed by atoms with Crippen LogP contribution >= 0.6 is 11.3 Å². The Bertz CT molecular complexity index is 2160. The van der Waals surface area contributed by atoms with Crippen LogP contribution in [0.2, 0.25) is 0 Å². The van der Waals surface area contributed by atoms with Crippen molar-refractivity contribution >= 4 is 35.0 Å². The number of allylic oxidation sites excluding steroid dienone is 1. The highest BCUT2D eigenvalue weighted by atomic mass is 32.1. The summed E-state index contributed by atoms with van der Waals surface area (Å²) >= 11 is 1.22. The van der Waals surface area contributed by atoms with E-state index in [1.165, 1.54) is 18.4 Å². The number of aryl methyl sites for hydroxylation is 1. The first kappa shape index (κ1) is 29.6. The molecule has 3 aromatic carbocycles. The number of thiazole rings is 1. The molecule has 1 amide bonds. The Hall–Kier alpha value is -5.48. The van der Waals surface area contributed by atoms with Crippen molar-refractivity contribution in [2.24, 2.45) is 4.99 Å². The van der Waals surface area contributed by atoms with Gasteiger partial charge in [0.2, 0.25) is 0 Å². The number of para-hydroxylation sites is 1. The Labute approximate surface area is 262 Å². The van der Waals surface area contributed by atoms with Crippen molar-refractivity contribution in [3.63, 3.8) is 0 Å². The molecular formula is C35H29N3O6S. The molecule has 5 aromatic rings. The standard InChI is InChI=1S/C35H29N3O6S/c1-20-17-23(34(41)43-4)13-15-27(20)28-16-14-26(44-28)19-29-33(40)38-31(22-9-8-12-25(18-22)42-3)30(21(2)36-35(38)45-29)32(39)37-24-10-6-5-7-11-24/h5-19,31H,1-4H3,(H,37,39)/b29-19+/t31-/m0/s1. The normalized spacial score (nSPS) is 14.5. The van der Waals surface area contributed by atoms with Gasteiger partial charge in [-0.2, -0.15) is 0 Å². The molecule has 1 aliphatic rings. The highest BCUT2D eigenvalue weighted by Crippen LogP contribution is 2.32. The number of carbonyl (C=O) groups excluding carboxylic acids is 2. The van der Waals surface area contributed by atoms with Crippen molar-refractivity contribution in [3.05, 3.63) is 138 Å². The highest BCUT2D eigenvalue weighted by Gasteiger charge is 2.33. The molecule has 0 radical (unpaired) electrons. The van der Waals surface area contributed by atoms with E-state index in [0.717, 1.165) is 11.1 Å². The van der Waals surface area contributed by atoms with E-state index in [0.29, 0.717) is 54.7 Å². The third-order valence-corrected chi connectivity index (χ3v) is 8.50. The molecule has 45 heavy (non-hydrogen) atoms. The topological polar surface area (TPSA) is 112 Å². The molecule has 9 nitrogen and oxygen atoms in total. The van der Waals surface area contributed by atoms with Crippen molar-refractivity contribution < 1.29 is 23.5 Å². The SMILES string of the molecule is COC(=O)c1ccc(-c2ccc(/C=c3/sc4n(c3=O)[C@@H](c3cccc(OC)c3)C(C(=O)Nc3ccccc3)=C(C)N=4)o2)c(C)c1. The Morgan fingerprint density at radius 1 is 0.978 bits per heavy atom. The number of amides is 1. The average Bonchev–Trinajstić information content (AvgIpc) is 3.63. The van der Waals surface area contributed by atoms with Crippen molar-refractivity contribution in [2.45, 2.75) is 19.9 Å². The Kier molecular flexibility index (Phi) is 8.06. The Morgan fingerprint density at radius 3 is 2.51 bits per heavy atom. The number of esters is 1. The van der Waals surface area contributed by atoms with Gasteiger partial charge in [0.25, 0.3) is 11.5 Å². The van der Waals surface area contributed by atoms with E-state index in [1.54, 1.807) is 61.1 Å². The van der Waals surface area contributed by atoms with Crippen LogP contribution < -0.4 is 24.9 Å². The maximum atomic E-state index is 14.1. The molecule has 1 atom stereocenters. The summed E-state index contributed by atoms with van der Waals surface area (Å²) in [6, 6.07) is 24.6. The molecule has 0 bridgehead atoms. The lowest BCUT2D eigenvalue weighted by Crippen LogP contribution is -2.40. The van der Waals surface area contributed by atoms with Gasteiger partial charge < -0.3 is 19.2 Å². The van der Waals surface area contributed by atoms with Gasteiger partial charge in [0, 0.05) is 17.3 Å². The maximum Gasteiger partial charge on any atom is 0.337 e. The summed E-state index contributed by atoms with van der Waals surface area (Å²) in [6.07, 6.45) is 1.68. The van der Waals surface area contributed by atoms with Gasteiger partial charge in [-0.1, -0.05) is 47.7 Å². The van der Waals surface area contributed by atoms with Crippen LogP contribution in [0.15, 0.2) is 110 Å². The summed E-state index contributed by atoms with van der Waals surface area (Å²) < 4.78 is 18.4. The first-order chi connectivity index (χ1) is 21.8. The predicted octanol–water partition coefficient (Wildman–Crippen LogP) is 5.24. The van der Waals surface area contributed by atoms with Crippen LogP contribution in [-0.4, -0.2) is 30.7 Å². The number of carbonyl (C=O) groups is 2. The van der Waals surface area contributed by atoms with Crippen molar-refractivity contribution in [2.75, 3.05) is 19.5 Å². The first-order valence-corrected chi connectivity index (χ1v) is 14.9. The fourth-order valence-corrected chi connectivity index (χ4v) is 6.37. The summed E-state index contributed by atoms with van der Waals surface area (Å²) in [5.41, 5.74) is 4.01. The molecule has 6 rings (SSSR count). The molecule has 0 spiro atoms. The van der Waals surface area contributed by atoms with Gasteiger partial charge in [0.15, 0.2) is 4.80 Å². The third kappa shape index (κ3) is 5.75. The van der Waals surface area contributed by atoms with Gasteiger partial charge in [0.05, 0.1) is 41.6 Å². The number of nitrogens with zero attached hydrogens (tertiary/aromatic N) is 2. The summed E-state index contributed by atoms with van der Waals surface area (Å²) in [4.78, 5) is 44.9. The predicted molar refractivity (Wildman–Crippen MR) is 172 cm³/mol. The molecule has 0 saturated heterocycles. The van der Waals surface area contributed by atoms with Gasteiger partial charge >= 0.3 is 5.97 Å². The van der Waals surface area contributed by atoms with Crippen LogP contribution in [0.1, 0.15) is 40.2 Å². The van der Waals surface area contributed by atoms with E-state index in [4.69, 9.17) is 18.9 Å². The lowest BCUT2D eigenvalue weighted by atomic mass is 9.95. The highest BCUT2D eigenvalue weighted by molar-refractivity contribution is 7.07. The molecule has 1 aliphatic heterocycles. The summed E-state index contributed by atoms with van der Waals surface area (Å²) in [6.45, 7) is 3.66. The number of fused-ring (bicyclic) bond motifs is 1. The van der Waals surface area contributed by atoms with E-state index in [2.05, 4.69) is 5.32 Å². The summed E-state index contributed by atoms with van der Waals surface area (Å²) in [7, 11) is 2.91. The minimum atomic E-state index is -0.745. The van der Waals surface area contributed by atoms with E-state index in [-0.39, 0.29) is 11.5 Å². The number of methoxy groups -OCH3 is 2. The zero-order chi connectivity index (χ0) is 31.7. The molecule has 2 aromatic heterocycles. The van der Waals surface area contributed by atoms with Crippen molar-refractivity contribution in [1.82, 2.24) is 4.57 Å². The van der Waals surface area contributed by atoms with Gasteiger partial charge in [-0.05, 0) is 73.5 Å². The molecule has 0 saturated carbocycles. The van der Waals surface area contributed by atoms with Crippen LogP contribution in [0.25, 0.3) is 17.4 Å².